The lowest BCUT2D eigenvalue weighted by molar-refractivity contribution is 0.170. The Balaban J connectivity index is 2.54. The molecule has 0 nitrogen and oxygen atoms in total. The number of halogens is 6. The number of fused-ring (bicyclic) bond motifs is 2. The molecule has 0 aliphatic heterocycles. The Hall–Kier alpha value is 1.74. The van der Waals surface area contributed by atoms with Crippen LogP contribution in [0.5, 0.6) is 0 Å². The molecule has 16 heavy (non-hydrogen) atoms. The van der Waals surface area contributed by atoms with E-state index >= 15 is 0 Å². The van der Waals surface area contributed by atoms with Gasteiger partial charge in [0.1, 0.15) is 0 Å². The molecule has 0 heterocycles. The minimum atomic E-state index is -0.446. The summed E-state index contributed by atoms with van der Waals surface area (Å²) in [5.74, 6) is 1.33. The molecular formula is C10H12Cl6. The SMILES string of the molecule is ClCC1(CCl)C2C[C@H](Cl)C1(CCl)[C@@H](Cl)[C@@H]2Cl. The standard InChI is InChI=1S/C10H12Cl6/c11-2-9(3-12)5-1-6(14)10(9,4-13)8(16)7(5)15/h5-8H,1-4H2/t5?,6-,7+,8-,10?/m0/s1. The van der Waals surface area contributed by atoms with Crippen molar-refractivity contribution in [1.29, 1.82) is 0 Å². The Morgan fingerprint density at radius 1 is 0.938 bits per heavy atom. The fourth-order valence-electron chi connectivity index (χ4n) is 3.46. The highest BCUT2D eigenvalue weighted by atomic mass is 35.5. The van der Waals surface area contributed by atoms with E-state index in [0.717, 1.165) is 6.42 Å². The summed E-state index contributed by atoms with van der Waals surface area (Å²) in [5, 5.41) is -0.497. The molecule has 2 bridgehead atoms. The van der Waals surface area contributed by atoms with Crippen LogP contribution in [0.15, 0.2) is 0 Å². The highest BCUT2D eigenvalue weighted by Gasteiger charge is 2.74. The van der Waals surface area contributed by atoms with Crippen molar-refractivity contribution in [2.45, 2.75) is 22.6 Å². The molecule has 6 heteroatoms. The maximum Gasteiger partial charge on any atom is 0.0590 e. The van der Waals surface area contributed by atoms with E-state index < -0.39 is 5.41 Å². The Morgan fingerprint density at radius 2 is 1.50 bits per heavy atom. The molecular weight excluding hydrogens is 333 g/mol. The lowest BCUT2D eigenvalue weighted by Crippen LogP contribution is -2.49. The van der Waals surface area contributed by atoms with Gasteiger partial charge < -0.3 is 0 Å². The van der Waals surface area contributed by atoms with Gasteiger partial charge in [0, 0.05) is 33.8 Å². The van der Waals surface area contributed by atoms with Crippen molar-refractivity contribution >= 4 is 69.6 Å². The van der Waals surface area contributed by atoms with Crippen molar-refractivity contribution in [2.75, 3.05) is 17.6 Å². The molecule has 0 aromatic rings. The number of alkyl halides is 6. The van der Waals surface area contributed by atoms with Crippen LogP contribution in [0.1, 0.15) is 6.42 Å². The highest BCUT2D eigenvalue weighted by Crippen LogP contribution is 2.71. The quantitative estimate of drug-likeness (QED) is 0.660. The number of rotatable bonds is 3. The van der Waals surface area contributed by atoms with E-state index in [9.17, 15) is 0 Å². The summed E-state index contributed by atoms with van der Waals surface area (Å²) in [6, 6.07) is 0. The molecule has 5 atom stereocenters. The first-order chi connectivity index (χ1) is 7.51. The summed E-state index contributed by atoms with van der Waals surface area (Å²) in [5.41, 5.74) is -0.776. The van der Waals surface area contributed by atoms with Crippen molar-refractivity contribution in [1.82, 2.24) is 0 Å². The predicted octanol–water partition coefficient (Wildman–Crippen LogP) is 4.53. The van der Waals surface area contributed by atoms with Crippen molar-refractivity contribution in [3.63, 3.8) is 0 Å². The van der Waals surface area contributed by atoms with E-state index in [-0.39, 0.29) is 27.5 Å². The Morgan fingerprint density at radius 3 is 1.88 bits per heavy atom. The molecule has 94 valence electrons. The Labute approximate surface area is 126 Å². The third kappa shape index (κ3) is 1.38. The largest absolute Gasteiger partial charge is 0.126 e. The molecule has 0 aromatic heterocycles. The smallest absolute Gasteiger partial charge is 0.0590 e. The molecule has 2 saturated carbocycles. The molecule has 0 saturated heterocycles. The number of hydrogen-bond donors (Lipinski definition) is 0. The molecule has 0 aromatic carbocycles. The second-order valence-corrected chi connectivity index (χ2v) is 7.06. The predicted molar refractivity (Wildman–Crippen MR) is 74.1 cm³/mol. The van der Waals surface area contributed by atoms with E-state index in [1.807, 2.05) is 0 Å². The van der Waals surface area contributed by atoms with Crippen molar-refractivity contribution in [3.05, 3.63) is 0 Å². The third-order valence-electron chi connectivity index (χ3n) is 4.51. The molecule has 2 aliphatic rings. The van der Waals surface area contributed by atoms with E-state index in [0.29, 0.717) is 17.6 Å². The van der Waals surface area contributed by atoms with Gasteiger partial charge in [-0.15, -0.1) is 69.6 Å². The molecule has 0 radical (unpaired) electrons. The fraction of sp³-hybridized carbons (Fsp3) is 1.00. The first kappa shape index (κ1) is 14.2. The molecule has 2 aliphatic carbocycles. The third-order valence-corrected chi connectivity index (χ3v) is 7.82. The zero-order chi connectivity index (χ0) is 12.1. The van der Waals surface area contributed by atoms with Crippen LogP contribution < -0.4 is 0 Å². The second-order valence-electron chi connectivity index (χ2n) is 4.75. The van der Waals surface area contributed by atoms with Crippen LogP contribution in [-0.2, 0) is 0 Å². The summed E-state index contributed by atoms with van der Waals surface area (Å²) < 4.78 is 0. The summed E-state index contributed by atoms with van der Waals surface area (Å²) in [6.45, 7) is 0. The van der Waals surface area contributed by atoms with E-state index in [4.69, 9.17) is 69.6 Å². The van der Waals surface area contributed by atoms with Gasteiger partial charge in [-0.3, -0.25) is 0 Å². The lowest BCUT2D eigenvalue weighted by Gasteiger charge is -2.43. The van der Waals surface area contributed by atoms with Crippen molar-refractivity contribution in [3.8, 4) is 0 Å². The van der Waals surface area contributed by atoms with Gasteiger partial charge in [0.05, 0.1) is 10.8 Å². The summed E-state index contributed by atoms with van der Waals surface area (Å²) >= 11 is 37.6. The van der Waals surface area contributed by atoms with Gasteiger partial charge in [-0.2, -0.15) is 0 Å². The average Bonchev–Trinajstić information content (AvgIpc) is 2.65. The van der Waals surface area contributed by atoms with Gasteiger partial charge in [0.2, 0.25) is 0 Å². The summed E-state index contributed by atoms with van der Waals surface area (Å²) in [7, 11) is 0. The second kappa shape index (κ2) is 4.69. The summed E-state index contributed by atoms with van der Waals surface area (Å²) in [6.07, 6.45) is 0.797. The van der Waals surface area contributed by atoms with E-state index in [1.54, 1.807) is 0 Å². The minimum absolute atomic E-state index is 0.0926. The van der Waals surface area contributed by atoms with Crippen molar-refractivity contribution in [2.24, 2.45) is 16.7 Å². The molecule has 2 fully saturated rings. The van der Waals surface area contributed by atoms with Gasteiger partial charge in [-0.05, 0) is 12.3 Å². The zero-order valence-electron chi connectivity index (χ0n) is 8.41. The van der Waals surface area contributed by atoms with Crippen LogP contribution in [-0.4, -0.2) is 33.8 Å². The van der Waals surface area contributed by atoms with Gasteiger partial charge in [0.25, 0.3) is 0 Å². The maximum atomic E-state index is 6.43. The van der Waals surface area contributed by atoms with Gasteiger partial charge >= 0.3 is 0 Å². The molecule has 0 amide bonds. The normalized spacial score (nSPS) is 49.9. The van der Waals surface area contributed by atoms with E-state index in [2.05, 4.69) is 0 Å². The molecule has 0 N–H and O–H groups in total. The van der Waals surface area contributed by atoms with Gasteiger partial charge in [-0.25, -0.2) is 0 Å². The van der Waals surface area contributed by atoms with Crippen LogP contribution in [0, 0.1) is 16.7 Å². The monoisotopic (exact) mass is 342 g/mol. The Bertz CT molecular complexity index is 278. The van der Waals surface area contributed by atoms with E-state index in [1.165, 1.54) is 0 Å². The van der Waals surface area contributed by atoms with Crippen LogP contribution in [0.25, 0.3) is 0 Å². The van der Waals surface area contributed by atoms with Gasteiger partial charge in [-0.1, -0.05) is 0 Å². The topological polar surface area (TPSA) is 0 Å². The van der Waals surface area contributed by atoms with Crippen LogP contribution in [0.2, 0.25) is 0 Å². The first-order valence-corrected chi connectivity index (χ1v) is 8.03. The number of hydrogen-bond acceptors (Lipinski definition) is 0. The van der Waals surface area contributed by atoms with Crippen molar-refractivity contribution < 1.29 is 0 Å². The van der Waals surface area contributed by atoms with Crippen LogP contribution in [0.3, 0.4) is 0 Å². The molecule has 2 rings (SSSR count). The fourth-order valence-corrected chi connectivity index (χ4v) is 7.29. The molecule has 0 spiro atoms. The Kier molecular flexibility index (Phi) is 4.15. The summed E-state index contributed by atoms with van der Waals surface area (Å²) in [4.78, 5) is 0. The average molecular weight is 345 g/mol. The minimum Gasteiger partial charge on any atom is -0.126 e. The first-order valence-electron chi connectivity index (χ1n) is 5.12. The molecule has 2 unspecified atom stereocenters. The van der Waals surface area contributed by atoms with Crippen LogP contribution >= 0.6 is 69.6 Å². The lowest BCUT2D eigenvalue weighted by atomic mass is 9.70. The van der Waals surface area contributed by atoms with Crippen LogP contribution in [0.4, 0.5) is 0 Å². The zero-order valence-corrected chi connectivity index (χ0v) is 12.9. The maximum absolute atomic E-state index is 6.43. The highest BCUT2D eigenvalue weighted by molar-refractivity contribution is 6.34. The van der Waals surface area contributed by atoms with Gasteiger partial charge in [0.15, 0.2) is 0 Å².